The minimum Gasteiger partial charge on any atom is -0.313 e. The van der Waals surface area contributed by atoms with Crippen molar-refractivity contribution in [2.75, 3.05) is 7.05 Å². The van der Waals surface area contributed by atoms with Crippen LogP contribution < -0.4 is 5.32 Å². The summed E-state index contributed by atoms with van der Waals surface area (Å²) in [4.78, 5) is 1.39. The van der Waals surface area contributed by atoms with Crippen molar-refractivity contribution in [2.24, 2.45) is 0 Å². The van der Waals surface area contributed by atoms with Crippen LogP contribution in [0.2, 0.25) is 0 Å². The Morgan fingerprint density at radius 2 is 1.79 bits per heavy atom. The zero-order valence-electron chi connectivity index (χ0n) is 11.3. The molecule has 0 bridgehead atoms. The molecular formula is C15H17Br2NS. The average Bonchev–Trinajstić information content (AvgIpc) is 2.78. The zero-order valence-corrected chi connectivity index (χ0v) is 15.2. The van der Waals surface area contributed by atoms with Gasteiger partial charge in [0.1, 0.15) is 0 Å². The topological polar surface area (TPSA) is 12.0 Å². The van der Waals surface area contributed by atoms with Crippen molar-refractivity contribution in [3.63, 3.8) is 0 Å². The zero-order chi connectivity index (χ0) is 14.0. The van der Waals surface area contributed by atoms with Crippen LogP contribution in [0.25, 0.3) is 0 Å². The number of thiophene rings is 1. The van der Waals surface area contributed by atoms with Crippen molar-refractivity contribution in [1.82, 2.24) is 5.32 Å². The summed E-state index contributed by atoms with van der Waals surface area (Å²) >= 11 is 8.96. The molecule has 1 aromatic heterocycles. The number of hydrogen-bond acceptors (Lipinski definition) is 2. The lowest BCUT2D eigenvalue weighted by molar-refractivity contribution is 0.595. The summed E-state index contributed by atoms with van der Waals surface area (Å²) < 4.78 is 2.41. The molecule has 0 saturated carbocycles. The average molecular weight is 403 g/mol. The Hall–Kier alpha value is -0.160. The minimum absolute atomic E-state index is 0.357. The summed E-state index contributed by atoms with van der Waals surface area (Å²) in [5.74, 6) is 0. The van der Waals surface area contributed by atoms with Gasteiger partial charge in [-0.3, -0.25) is 0 Å². The first-order chi connectivity index (χ1) is 9.01. The van der Waals surface area contributed by atoms with E-state index in [2.05, 4.69) is 75.3 Å². The summed E-state index contributed by atoms with van der Waals surface area (Å²) in [5.41, 5.74) is 3.94. The van der Waals surface area contributed by atoms with E-state index in [-0.39, 0.29) is 0 Å². The molecule has 0 aliphatic heterocycles. The molecule has 19 heavy (non-hydrogen) atoms. The van der Waals surface area contributed by atoms with Gasteiger partial charge < -0.3 is 5.32 Å². The van der Waals surface area contributed by atoms with Gasteiger partial charge in [0.05, 0.1) is 3.79 Å². The standard InChI is InChI=1S/C15H17Br2NS/c1-9-6-11(7-10(2)15(9)17)13(18-3)8-12-4-5-14(16)19-12/h4-7,13,18H,8H2,1-3H3. The van der Waals surface area contributed by atoms with Gasteiger partial charge in [0.2, 0.25) is 0 Å². The number of hydrogen-bond donors (Lipinski definition) is 1. The highest BCUT2D eigenvalue weighted by Crippen LogP contribution is 2.30. The third-order valence-corrected chi connectivity index (χ3v) is 6.14. The van der Waals surface area contributed by atoms with Crippen molar-refractivity contribution < 1.29 is 0 Å². The Kier molecular flexibility index (Phi) is 5.23. The SMILES string of the molecule is CNC(Cc1ccc(Br)s1)c1cc(C)c(Br)c(C)c1. The smallest absolute Gasteiger partial charge is 0.0701 e. The van der Waals surface area contributed by atoms with Crippen molar-refractivity contribution in [3.05, 3.63) is 54.1 Å². The summed E-state index contributed by atoms with van der Waals surface area (Å²) in [7, 11) is 2.03. The van der Waals surface area contributed by atoms with Crippen molar-refractivity contribution in [1.29, 1.82) is 0 Å². The molecule has 1 N–H and O–H groups in total. The van der Waals surface area contributed by atoms with Crippen molar-refractivity contribution in [2.45, 2.75) is 26.3 Å². The molecule has 1 aromatic carbocycles. The van der Waals surface area contributed by atoms with E-state index in [1.807, 2.05) is 7.05 Å². The first-order valence-corrected chi connectivity index (χ1v) is 8.59. The molecule has 0 radical (unpaired) electrons. The van der Waals surface area contributed by atoms with Crippen LogP contribution in [0.3, 0.4) is 0 Å². The van der Waals surface area contributed by atoms with Crippen molar-refractivity contribution in [3.8, 4) is 0 Å². The number of rotatable bonds is 4. The van der Waals surface area contributed by atoms with E-state index in [1.165, 1.54) is 29.8 Å². The first kappa shape index (κ1) is 15.2. The fraction of sp³-hybridized carbons (Fsp3) is 0.333. The molecule has 2 rings (SSSR count). The number of benzene rings is 1. The molecule has 0 saturated heterocycles. The number of likely N-dealkylation sites (N-methyl/N-ethyl adjacent to an activating group) is 1. The molecule has 0 amide bonds. The Morgan fingerprint density at radius 3 is 2.26 bits per heavy atom. The highest BCUT2D eigenvalue weighted by Gasteiger charge is 2.13. The van der Waals surface area contributed by atoms with Gasteiger partial charge in [-0.2, -0.15) is 0 Å². The van der Waals surface area contributed by atoms with Crippen LogP contribution in [0.4, 0.5) is 0 Å². The quantitative estimate of drug-likeness (QED) is 0.722. The molecule has 1 atom stereocenters. The normalized spacial score (nSPS) is 12.7. The lowest BCUT2D eigenvalue weighted by Crippen LogP contribution is -2.18. The van der Waals surface area contributed by atoms with E-state index in [0.717, 1.165) is 6.42 Å². The molecular weight excluding hydrogens is 386 g/mol. The molecule has 4 heteroatoms. The fourth-order valence-electron chi connectivity index (χ4n) is 2.23. The van der Waals surface area contributed by atoms with Gasteiger partial charge in [0.25, 0.3) is 0 Å². The molecule has 0 aliphatic rings. The van der Waals surface area contributed by atoms with Gasteiger partial charge in [-0.05, 0) is 65.6 Å². The molecule has 2 aromatic rings. The van der Waals surface area contributed by atoms with E-state index in [1.54, 1.807) is 11.3 Å². The lowest BCUT2D eigenvalue weighted by atomic mass is 9.99. The largest absolute Gasteiger partial charge is 0.313 e. The monoisotopic (exact) mass is 401 g/mol. The Labute approximate surface area is 135 Å². The highest BCUT2D eigenvalue weighted by atomic mass is 79.9. The molecule has 0 aliphatic carbocycles. The van der Waals surface area contributed by atoms with Crippen LogP contribution in [0, 0.1) is 13.8 Å². The maximum atomic E-state index is 3.63. The summed E-state index contributed by atoms with van der Waals surface area (Å²) in [6.07, 6.45) is 1.02. The second kappa shape index (κ2) is 6.53. The number of nitrogens with one attached hydrogen (secondary N) is 1. The van der Waals surface area contributed by atoms with Gasteiger partial charge in [0, 0.05) is 21.8 Å². The fourth-order valence-corrected chi connectivity index (χ4v) is 3.99. The van der Waals surface area contributed by atoms with Crippen LogP contribution >= 0.6 is 43.2 Å². The second-order valence-electron chi connectivity index (χ2n) is 4.72. The summed E-state index contributed by atoms with van der Waals surface area (Å²) in [6.45, 7) is 4.30. The molecule has 1 heterocycles. The van der Waals surface area contributed by atoms with E-state index in [9.17, 15) is 0 Å². The molecule has 1 nitrogen and oxygen atoms in total. The second-order valence-corrected chi connectivity index (χ2v) is 8.06. The van der Waals surface area contributed by atoms with Gasteiger partial charge in [-0.25, -0.2) is 0 Å². The van der Waals surface area contributed by atoms with Gasteiger partial charge in [-0.1, -0.05) is 28.1 Å². The maximum Gasteiger partial charge on any atom is 0.0701 e. The third kappa shape index (κ3) is 3.69. The van der Waals surface area contributed by atoms with E-state index in [0.29, 0.717) is 6.04 Å². The Balaban J connectivity index is 2.27. The van der Waals surface area contributed by atoms with Gasteiger partial charge in [-0.15, -0.1) is 11.3 Å². The maximum absolute atomic E-state index is 3.63. The Morgan fingerprint density at radius 1 is 1.16 bits per heavy atom. The van der Waals surface area contributed by atoms with Gasteiger partial charge in [0.15, 0.2) is 0 Å². The van der Waals surface area contributed by atoms with Gasteiger partial charge >= 0.3 is 0 Å². The lowest BCUT2D eigenvalue weighted by Gasteiger charge is -2.18. The molecule has 1 unspecified atom stereocenters. The van der Waals surface area contributed by atoms with Crippen LogP contribution in [0.1, 0.15) is 27.6 Å². The molecule has 102 valence electrons. The minimum atomic E-state index is 0.357. The third-order valence-electron chi connectivity index (χ3n) is 3.24. The number of halogens is 2. The predicted molar refractivity (Wildman–Crippen MR) is 91.1 cm³/mol. The van der Waals surface area contributed by atoms with Crippen LogP contribution in [-0.2, 0) is 6.42 Å². The molecule has 0 spiro atoms. The van der Waals surface area contributed by atoms with Crippen molar-refractivity contribution >= 4 is 43.2 Å². The summed E-state index contributed by atoms with van der Waals surface area (Å²) in [5, 5.41) is 3.43. The van der Waals surface area contributed by atoms with Crippen LogP contribution in [0.15, 0.2) is 32.5 Å². The van der Waals surface area contributed by atoms with Crippen LogP contribution in [0.5, 0.6) is 0 Å². The van der Waals surface area contributed by atoms with Crippen LogP contribution in [-0.4, -0.2) is 7.05 Å². The van der Waals surface area contributed by atoms with E-state index < -0.39 is 0 Å². The number of aryl methyl sites for hydroxylation is 2. The first-order valence-electron chi connectivity index (χ1n) is 6.19. The molecule has 0 fully saturated rings. The predicted octanol–water partition coefficient (Wildman–Crippen LogP) is 5.39. The van der Waals surface area contributed by atoms with E-state index >= 15 is 0 Å². The Bertz CT molecular complexity index is 554. The van der Waals surface area contributed by atoms with E-state index in [4.69, 9.17) is 0 Å². The summed E-state index contributed by atoms with van der Waals surface area (Å²) in [6, 6.07) is 9.20. The highest BCUT2D eigenvalue weighted by molar-refractivity contribution is 9.11.